The zero-order valence-electron chi connectivity index (χ0n) is 17.6. The van der Waals surface area contributed by atoms with Gasteiger partial charge in [0.2, 0.25) is 16.8 Å². The van der Waals surface area contributed by atoms with E-state index in [1.165, 1.54) is 45.8 Å². The number of amides is 1. The average molecular weight is 513 g/mol. The molecule has 166 valence electrons. The summed E-state index contributed by atoms with van der Waals surface area (Å²) in [7, 11) is 0. The Morgan fingerprint density at radius 1 is 1.09 bits per heavy atom. The van der Waals surface area contributed by atoms with E-state index in [0.29, 0.717) is 15.2 Å². The molecule has 0 saturated heterocycles. The zero-order valence-corrected chi connectivity index (χ0v) is 20.8. The van der Waals surface area contributed by atoms with Crippen LogP contribution in [0.25, 0.3) is 26.8 Å². The summed E-state index contributed by atoms with van der Waals surface area (Å²) in [6.45, 7) is 4.19. The molecule has 0 saturated carbocycles. The van der Waals surface area contributed by atoms with Gasteiger partial charge in [0.15, 0.2) is 5.16 Å². The molecule has 1 amide bonds. The van der Waals surface area contributed by atoms with E-state index in [1.54, 1.807) is 12.1 Å². The first-order valence-corrected chi connectivity index (χ1v) is 12.9. The normalized spacial score (nSPS) is 11.2. The van der Waals surface area contributed by atoms with Crippen LogP contribution in [0.1, 0.15) is 11.1 Å². The molecule has 0 fully saturated rings. The number of benzene rings is 2. The quantitative estimate of drug-likeness (QED) is 0.282. The lowest BCUT2D eigenvalue weighted by molar-refractivity contribution is -0.113. The minimum absolute atomic E-state index is 0.165. The molecule has 0 unspecified atom stereocenters. The fourth-order valence-corrected chi connectivity index (χ4v) is 5.56. The summed E-state index contributed by atoms with van der Waals surface area (Å²) in [6.07, 6.45) is 0. The number of nitrogens with one attached hydrogen (secondary N) is 1. The molecule has 0 aliphatic heterocycles. The number of hydrogen-bond donors (Lipinski definition) is 1. The molecule has 0 aliphatic carbocycles. The van der Waals surface area contributed by atoms with Gasteiger partial charge in [-0.25, -0.2) is 0 Å². The van der Waals surface area contributed by atoms with Crippen LogP contribution in [0.3, 0.4) is 0 Å². The average Bonchev–Trinajstić information content (AvgIpc) is 3.52. The summed E-state index contributed by atoms with van der Waals surface area (Å²) in [5.74, 6) is 0.242. The Hall–Kier alpha value is -2.79. The highest BCUT2D eigenvalue weighted by molar-refractivity contribution is 7.99. The number of rotatable bonds is 6. The van der Waals surface area contributed by atoms with E-state index in [0.717, 1.165) is 21.8 Å². The van der Waals surface area contributed by atoms with Gasteiger partial charge in [0.05, 0.1) is 11.4 Å². The molecule has 0 spiro atoms. The number of thiazole rings is 1. The standard InChI is InChI=1S/C22H17ClN6OS3/c1-12-3-4-15(9-13(12)2)17-10-31-21-26-27-22(29(17)21)32-11-18(30)24-20-25-19(33-28-20)14-5-7-16(23)8-6-14/h3-10H,11H2,1-2H3,(H,24,28,30). The Labute approximate surface area is 207 Å². The molecule has 5 aromatic rings. The number of carbonyl (C=O) groups is 1. The van der Waals surface area contributed by atoms with Crippen molar-refractivity contribution in [2.45, 2.75) is 19.0 Å². The number of halogens is 1. The summed E-state index contributed by atoms with van der Waals surface area (Å²) in [6, 6.07) is 13.7. The van der Waals surface area contributed by atoms with Gasteiger partial charge in [0, 0.05) is 16.0 Å². The molecule has 0 atom stereocenters. The van der Waals surface area contributed by atoms with Crippen molar-refractivity contribution in [3.8, 4) is 21.8 Å². The molecule has 1 N–H and O–H groups in total. The van der Waals surface area contributed by atoms with Gasteiger partial charge in [-0.3, -0.25) is 14.5 Å². The lowest BCUT2D eigenvalue weighted by atomic mass is 10.1. The van der Waals surface area contributed by atoms with Crippen LogP contribution in [-0.2, 0) is 4.79 Å². The van der Waals surface area contributed by atoms with Crippen molar-refractivity contribution in [2.24, 2.45) is 0 Å². The Morgan fingerprint density at radius 3 is 2.67 bits per heavy atom. The van der Waals surface area contributed by atoms with Crippen molar-refractivity contribution >= 4 is 63.0 Å². The van der Waals surface area contributed by atoms with Crippen LogP contribution < -0.4 is 5.32 Å². The third kappa shape index (κ3) is 4.65. The summed E-state index contributed by atoms with van der Waals surface area (Å²) in [5.41, 5.74) is 5.47. The summed E-state index contributed by atoms with van der Waals surface area (Å²) < 4.78 is 6.23. The zero-order chi connectivity index (χ0) is 22.9. The highest BCUT2D eigenvalue weighted by atomic mass is 35.5. The van der Waals surface area contributed by atoms with Gasteiger partial charge in [-0.2, -0.15) is 9.36 Å². The molecule has 0 aliphatic rings. The smallest absolute Gasteiger partial charge is 0.241 e. The molecule has 3 aromatic heterocycles. The second kappa shape index (κ2) is 9.22. The van der Waals surface area contributed by atoms with Crippen LogP contribution >= 0.6 is 46.2 Å². The topological polar surface area (TPSA) is 85.1 Å². The molecular formula is C22H17ClN6OS3. The van der Waals surface area contributed by atoms with Crippen molar-refractivity contribution in [3.05, 3.63) is 64.0 Å². The number of nitrogens with zero attached hydrogens (tertiary/aromatic N) is 5. The first kappa shape index (κ1) is 22.0. The minimum Gasteiger partial charge on any atom is -0.293 e. The van der Waals surface area contributed by atoms with Gasteiger partial charge >= 0.3 is 0 Å². The van der Waals surface area contributed by atoms with Gasteiger partial charge in [-0.05, 0) is 60.3 Å². The van der Waals surface area contributed by atoms with Crippen molar-refractivity contribution in [3.63, 3.8) is 0 Å². The molecule has 5 rings (SSSR count). The maximum absolute atomic E-state index is 12.5. The number of anilines is 1. The lowest BCUT2D eigenvalue weighted by Gasteiger charge is -2.06. The summed E-state index contributed by atoms with van der Waals surface area (Å²) in [4.78, 5) is 17.7. The van der Waals surface area contributed by atoms with E-state index in [-0.39, 0.29) is 17.6 Å². The van der Waals surface area contributed by atoms with Crippen LogP contribution in [-0.4, -0.2) is 35.6 Å². The summed E-state index contributed by atoms with van der Waals surface area (Å²) >= 11 is 10.0. The molecule has 0 radical (unpaired) electrons. The number of carbonyl (C=O) groups excluding carboxylic acids is 1. The van der Waals surface area contributed by atoms with Crippen molar-refractivity contribution < 1.29 is 4.79 Å². The number of aromatic nitrogens is 5. The van der Waals surface area contributed by atoms with Gasteiger partial charge in [-0.1, -0.05) is 47.6 Å². The van der Waals surface area contributed by atoms with E-state index in [1.807, 2.05) is 16.5 Å². The van der Waals surface area contributed by atoms with Crippen LogP contribution in [0.5, 0.6) is 0 Å². The maximum atomic E-state index is 12.5. The van der Waals surface area contributed by atoms with Gasteiger partial charge in [-0.15, -0.1) is 21.5 Å². The van der Waals surface area contributed by atoms with Gasteiger partial charge < -0.3 is 0 Å². The van der Waals surface area contributed by atoms with Crippen LogP contribution in [0.2, 0.25) is 5.02 Å². The van der Waals surface area contributed by atoms with E-state index in [4.69, 9.17) is 11.6 Å². The number of hydrogen-bond acceptors (Lipinski definition) is 8. The first-order chi connectivity index (χ1) is 16.0. The molecule has 3 heterocycles. The van der Waals surface area contributed by atoms with Crippen molar-refractivity contribution in [1.82, 2.24) is 24.0 Å². The monoisotopic (exact) mass is 512 g/mol. The molecule has 7 nitrogen and oxygen atoms in total. The molecular weight excluding hydrogens is 496 g/mol. The van der Waals surface area contributed by atoms with Gasteiger partial charge in [0.1, 0.15) is 5.01 Å². The van der Waals surface area contributed by atoms with Gasteiger partial charge in [0.25, 0.3) is 0 Å². The molecule has 33 heavy (non-hydrogen) atoms. The molecule has 2 aromatic carbocycles. The van der Waals surface area contributed by atoms with Crippen molar-refractivity contribution in [1.29, 1.82) is 0 Å². The van der Waals surface area contributed by atoms with E-state index >= 15 is 0 Å². The molecule has 0 bridgehead atoms. The second-order valence-corrected chi connectivity index (χ2v) is 10.3. The Morgan fingerprint density at radius 2 is 1.88 bits per heavy atom. The van der Waals surface area contributed by atoms with Crippen LogP contribution in [0.4, 0.5) is 5.95 Å². The Kier molecular flexibility index (Phi) is 6.15. The minimum atomic E-state index is -0.208. The Bertz CT molecular complexity index is 1460. The van der Waals surface area contributed by atoms with E-state index in [2.05, 4.69) is 62.3 Å². The number of fused-ring (bicyclic) bond motifs is 1. The largest absolute Gasteiger partial charge is 0.293 e. The number of aryl methyl sites for hydroxylation is 2. The highest BCUT2D eigenvalue weighted by Crippen LogP contribution is 2.31. The maximum Gasteiger partial charge on any atom is 0.241 e. The lowest BCUT2D eigenvalue weighted by Crippen LogP contribution is -2.15. The predicted octanol–water partition coefficient (Wildman–Crippen LogP) is 5.98. The highest BCUT2D eigenvalue weighted by Gasteiger charge is 2.16. The molecule has 11 heteroatoms. The predicted molar refractivity (Wildman–Crippen MR) is 135 cm³/mol. The first-order valence-electron chi connectivity index (χ1n) is 9.90. The van der Waals surface area contributed by atoms with Crippen LogP contribution in [0.15, 0.2) is 53.0 Å². The van der Waals surface area contributed by atoms with Crippen LogP contribution in [0, 0.1) is 13.8 Å². The Balaban J connectivity index is 1.28. The van der Waals surface area contributed by atoms with E-state index in [9.17, 15) is 4.79 Å². The third-order valence-corrected chi connectivity index (χ3v) is 7.79. The second-order valence-electron chi connectivity index (χ2n) is 7.29. The summed E-state index contributed by atoms with van der Waals surface area (Å²) in [5, 5.41) is 15.4. The fourth-order valence-electron chi connectivity index (χ4n) is 3.17. The van der Waals surface area contributed by atoms with E-state index < -0.39 is 0 Å². The number of thioether (sulfide) groups is 1. The fraction of sp³-hybridized carbons (Fsp3) is 0.136. The third-order valence-electron chi connectivity index (χ3n) is 5.02. The van der Waals surface area contributed by atoms with Crippen molar-refractivity contribution in [2.75, 3.05) is 11.1 Å². The SMILES string of the molecule is Cc1ccc(-c2csc3nnc(SCC(=O)Nc4nsc(-c5ccc(Cl)cc5)n4)n23)cc1C.